The van der Waals surface area contributed by atoms with Crippen LogP contribution in [0.2, 0.25) is 0 Å². The van der Waals surface area contributed by atoms with E-state index in [1.807, 2.05) is 6.42 Å². The number of rotatable bonds is 4. The van der Waals surface area contributed by atoms with E-state index in [2.05, 4.69) is 12.2 Å². The zero-order chi connectivity index (χ0) is 7.94. The highest BCUT2D eigenvalue weighted by Crippen LogP contribution is 2.17. The molecule has 0 heterocycles. The zero-order valence-electron chi connectivity index (χ0n) is 7.31. The summed E-state index contributed by atoms with van der Waals surface area (Å²) in [6, 6.07) is 0.809. The third kappa shape index (κ3) is 3.66. The molecule has 0 aromatic rings. The van der Waals surface area contributed by atoms with E-state index in [9.17, 15) is 0 Å². The summed E-state index contributed by atoms with van der Waals surface area (Å²) in [5.41, 5.74) is 0. The van der Waals surface area contributed by atoms with Crippen molar-refractivity contribution in [2.75, 3.05) is 6.54 Å². The summed E-state index contributed by atoms with van der Waals surface area (Å²) in [4.78, 5) is 0. The average molecular weight is 153 g/mol. The molecular formula is C10H19N. The van der Waals surface area contributed by atoms with Crippen LogP contribution in [-0.4, -0.2) is 12.6 Å². The molecule has 1 saturated carbocycles. The molecule has 0 radical (unpaired) electrons. The highest BCUT2D eigenvalue weighted by atomic mass is 14.9. The molecular weight excluding hydrogens is 134 g/mol. The second kappa shape index (κ2) is 5.48. The third-order valence-electron chi connectivity index (χ3n) is 2.39. The smallest absolute Gasteiger partial charge is 0.0694 e. The minimum atomic E-state index is 0.809. The molecule has 1 aliphatic rings. The van der Waals surface area contributed by atoms with Crippen molar-refractivity contribution in [2.45, 2.75) is 44.6 Å². The Kier molecular flexibility index (Phi) is 4.44. The number of hydrogen-bond donors (Lipinski definition) is 1. The van der Waals surface area contributed by atoms with Gasteiger partial charge in [-0.25, -0.2) is 0 Å². The fourth-order valence-corrected chi connectivity index (χ4v) is 1.70. The largest absolute Gasteiger partial charge is 0.310 e. The Morgan fingerprint density at radius 2 is 2.00 bits per heavy atom. The maximum Gasteiger partial charge on any atom is 0.0694 e. The molecule has 0 atom stereocenters. The summed E-state index contributed by atoms with van der Waals surface area (Å²) in [5, 5.41) is 3.55. The monoisotopic (exact) mass is 153 g/mol. The summed E-state index contributed by atoms with van der Waals surface area (Å²) in [6.07, 6.45) is 10.2. The molecule has 0 spiro atoms. The first-order valence-electron chi connectivity index (χ1n) is 4.78. The van der Waals surface area contributed by atoms with Crippen LogP contribution in [0.3, 0.4) is 0 Å². The lowest BCUT2D eigenvalue weighted by atomic mass is 9.95. The van der Waals surface area contributed by atoms with Gasteiger partial charge in [0.05, 0.1) is 6.42 Å². The fraction of sp³-hybridized carbons (Fsp3) is 0.800. The summed E-state index contributed by atoms with van der Waals surface area (Å²) in [5.74, 6) is 0. The van der Waals surface area contributed by atoms with Gasteiger partial charge in [0.25, 0.3) is 0 Å². The van der Waals surface area contributed by atoms with Crippen LogP contribution in [0.5, 0.6) is 0 Å². The van der Waals surface area contributed by atoms with Crippen LogP contribution in [-0.2, 0) is 0 Å². The molecule has 0 saturated heterocycles. The Hall–Kier alpha value is -0.170. The molecule has 1 nitrogen and oxygen atoms in total. The summed E-state index contributed by atoms with van der Waals surface area (Å²) < 4.78 is 0. The van der Waals surface area contributed by atoms with E-state index in [0.717, 1.165) is 19.0 Å². The molecule has 64 valence electrons. The van der Waals surface area contributed by atoms with Crippen molar-refractivity contribution in [1.82, 2.24) is 5.32 Å². The van der Waals surface area contributed by atoms with E-state index in [0.29, 0.717) is 0 Å². The fourth-order valence-electron chi connectivity index (χ4n) is 1.70. The van der Waals surface area contributed by atoms with Crippen molar-refractivity contribution in [3.05, 3.63) is 13.3 Å². The first-order chi connectivity index (χ1) is 5.43. The summed E-state index contributed by atoms with van der Waals surface area (Å²) >= 11 is 0. The SMILES string of the molecule is [CH2-][CH+]CCNC1CCCCC1. The lowest BCUT2D eigenvalue weighted by Gasteiger charge is -2.22. The lowest BCUT2D eigenvalue weighted by Crippen LogP contribution is -2.31. The Bertz CT molecular complexity index is 84.9. The molecule has 11 heavy (non-hydrogen) atoms. The molecule has 1 N–H and O–H groups in total. The molecule has 1 heteroatoms. The second-order valence-electron chi connectivity index (χ2n) is 3.37. The Morgan fingerprint density at radius 1 is 1.27 bits per heavy atom. The molecule has 0 amide bonds. The van der Waals surface area contributed by atoms with Crippen molar-refractivity contribution in [2.24, 2.45) is 0 Å². The highest BCUT2D eigenvalue weighted by Gasteiger charge is 2.11. The highest BCUT2D eigenvalue weighted by molar-refractivity contribution is 4.74. The van der Waals surface area contributed by atoms with Crippen LogP contribution in [0.15, 0.2) is 0 Å². The van der Waals surface area contributed by atoms with E-state index in [1.54, 1.807) is 0 Å². The van der Waals surface area contributed by atoms with Gasteiger partial charge in [-0.05, 0) is 12.8 Å². The summed E-state index contributed by atoms with van der Waals surface area (Å²) in [7, 11) is 0. The molecule has 0 aromatic heterocycles. The van der Waals surface area contributed by atoms with E-state index in [-0.39, 0.29) is 0 Å². The maximum absolute atomic E-state index is 3.70. The van der Waals surface area contributed by atoms with E-state index < -0.39 is 0 Å². The standard InChI is InChI=1S/C10H19N/c1-2-3-9-11-10-7-5-4-6-8-10/h2,10-11H,1,3-9H2. The third-order valence-corrected chi connectivity index (χ3v) is 2.39. The molecule has 1 aliphatic carbocycles. The number of unbranched alkanes of at least 4 members (excludes halogenated alkanes) is 1. The van der Waals surface area contributed by atoms with Crippen LogP contribution in [0.1, 0.15) is 38.5 Å². The lowest BCUT2D eigenvalue weighted by molar-refractivity contribution is 0.375. The minimum absolute atomic E-state index is 0.809. The van der Waals surface area contributed by atoms with Gasteiger partial charge in [-0.3, -0.25) is 0 Å². The normalized spacial score (nSPS) is 20.1. The topological polar surface area (TPSA) is 12.0 Å². The van der Waals surface area contributed by atoms with Gasteiger partial charge in [0.2, 0.25) is 0 Å². The second-order valence-corrected chi connectivity index (χ2v) is 3.37. The van der Waals surface area contributed by atoms with Crippen molar-refractivity contribution in [3.63, 3.8) is 0 Å². The van der Waals surface area contributed by atoms with Gasteiger partial charge in [-0.15, -0.1) is 6.92 Å². The van der Waals surface area contributed by atoms with Crippen molar-refractivity contribution < 1.29 is 0 Å². The van der Waals surface area contributed by atoms with E-state index in [1.165, 1.54) is 32.1 Å². The van der Waals surface area contributed by atoms with Crippen LogP contribution < -0.4 is 5.32 Å². The molecule has 0 bridgehead atoms. The Morgan fingerprint density at radius 3 is 2.64 bits per heavy atom. The first kappa shape index (κ1) is 8.92. The first-order valence-corrected chi connectivity index (χ1v) is 4.78. The van der Waals surface area contributed by atoms with Gasteiger partial charge < -0.3 is 5.32 Å². The van der Waals surface area contributed by atoms with Gasteiger partial charge in [0.15, 0.2) is 0 Å². The zero-order valence-corrected chi connectivity index (χ0v) is 7.31. The van der Waals surface area contributed by atoms with Crippen LogP contribution in [0, 0.1) is 13.3 Å². The number of hydrogen-bond acceptors (Lipinski definition) is 1. The van der Waals surface area contributed by atoms with E-state index >= 15 is 0 Å². The van der Waals surface area contributed by atoms with Crippen molar-refractivity contribution in [3.8, 4) is 0 Å². The molecule has 1 fully saturated rings. The number of nitrogens with one attached hydrogen (secondary N) is 1. The predicted molar refractivity (Wildman–Crippen MR) is 49.1 cm³/mol. The Balaban J connectivity index is 1.96. The van der Waals surface area contributed by atoms with Gasteiger partial charge in [0.1, 0.15) is 0 Å². The van der Waals surface area contributed by atoms with Crippen LogP contribution in [0.25, 0.3) is 0 Å². The van der Waals surface area contributed by atoms with Crippen LogP contribution in [0.4, 0.5) is 0 Å². The van der Waals surface area contributed by atoms with Gasteiger partial charge in [-0.2, -0.15) is 0 Å². The minimum Gasteiger partial charge on any atom is -0.310 e. The molecule has 0 aromatic carbocycles. The summed E-state index contributed by atoms with van der Waals surface area (Å²) in [6.45, 7) is 4.82. The molecule has 0 unspecified atom stereocenters. The van der Waals surface area contributed by atoms with Crippen molar-refractivity contribution >= 4 is 0 Å². The van der Waals surface area contributed by atoms with Gasteiger partial charge in [0, 0.05) is 12.6 Å². The van der Waals surface area contributed by atoms with Crippen molar-refractivity contribution in [1.29, 1.82) is 0 Å². The quantitative estimate of drug-likeness (QED) is 0.483. The van der Waals surface area contributed by atoms with Crippen LogP contribution >= 0.6 is 0 Å². The van der Waals surface area contributed by atoms with Gasteiger partial charge >= 0.3 is 0 Å². The van der Waals surface area contributed by atoms with E-state index in [4.69, 9.17) is 0 Å². The van der Waals surface area contributed by atoms with Gasteiger partial charge in [-0.1, -0.05) is 25.7 Å². The predicted octanol–water partition coefficient (Wildman–Crippen LogP) is 2.34. The Labute approximate surface area is 70.6 Å². The maximum atomic E-state index is 3.70. The molecule has 0 aliphatic heterocycles. The molecule has 1 rings (SSSR count). The average Bonchev–Trinajstić information content (AvgIpc) is 2.07.